The van der Waals surface area contributed by atoms with Crippen LogP contribution in [-0.4, -0.2) is 19.1 Å². The Morgan fingerprint density at radius 1 is 1.07 bits per heavy atom. The average Bonchev–Trinajstić information content (AvgIpc) is 2.29. The van der Waals surface area contributed by atoms with Crippen LogP contribution in [0.15, 0.2) is 0 Å². The molecule has 6 heteroatoms. The molecule has 0 atom stereocenters. The summed E-state index contributed by atoms with van der Waals surface area (Å²) in [6.45, 7) is 6.72. The molecule has 2 amide bonds. The molecule has 0 spiro atoms. The Labute approximate surface area is 92.1 Å². The highest BCUT2D eigenvalue weighted by Gasteiger charge is 1.84. The fourth-order valence-electron chi connectivity index (χ4n) is 0.895. The minimum atomic E-state index is -0.602. The minimum Gasteiger partial charge on any atom is -0.317 e. The monoisotopic (exact) mass is 219 g/mol. The number of unbranched alkanes of at least 4 members (excludes halogenated alkanes) is 3. The third-order valence-corrected chi connectivity index (χ3v) is 1.72. The topological polar surface area (TPSA) is 105 Å². The van der Waals surface area contributed by atoms with Gasteiger partial charge in [0.15, 0.2) is 0 Å². The van der Waals surface area contributed by atoms with Crippen molar-refractivity contribution in [3.8, 4) is 0 Å². The highest BCUT2D eigenvalue weighted by Crippen LogP contribution is 1.96. The molecule has 92 valence electrons. The number of rotatable bonds is 6. The van der Waals surface area contributed by atoms with Crippen molar-refractivity contribution in [2.45, 2.75) is 39.5 Å². The van der Waals surface area contributed by atoms with E-state index in [0.717, 1.165) is 6.54 Å². The van der Waals surface area contributed by atoms with Gasteiger partial charge in [-0.25, -0.2) is 16.5 Å². The molecule has 0 fully saturated rings. The van der Waals surface area contributed by atoms with Crippen molar-refractivity contribution in [1.82, 2.24) is 16.2 Å². The van der Waals surface area contributed by atoms with Gasteiger partial charge in [-0.2, -0.15) is 0 Å². The molecule has 0 aromatic carbocycles. The molecule has 0 bridgehead atoms. The van der Waals surface area contributed by atoms with E-state index < -0.39 is 6.03 Å². The first-order chi connectivity index (χ1) is 7.22. The first kappa shape index (κ1) is 16.6. The first-order valence-electron chi connectivity index (χ1n) is 5.40. The molecular weight excluding hydrogens is 194 g/mol. The van der Waals surface area contributed by atoms with Crippen molar-refractivity contribution in [3.05, 3.63) is 0 Å². The molecule has 0 heterocycles. The van der Waals surface area contributed by atoms with E-state index in [4.69, 9.17) is 0 Å². The van der Waals surface area contributed by atoms with E-state index in [1.54, 1.807) is 10.9 Å². The van der Waals surface area contributed by atoms with Gasteiger partial charge in [-0.3, -0.25) is 10.9 Å². The predicted molar refractivity (Wildman–Crippen MR) is 62.7 cm³/mol. The van der Waals surface area contributed by atoms with Gasteiger partial charge < -0.3 is 5.32 Å². The summed E-state index contributed by atoms with van der Waals surface area (Å²) in [6.07, 6.45) is 5.47. The van der Waals surface area contributed by atoms with Gasteiger partial charge in [0.05, 0.1) is 0 Å². The van der Waals surface area contributed by atoms with Crippen LogP contribution in [0.5, 0.6) is 0 Å². The van der Waals surface area contributed by atoms with E-state index >= 15 is 0 Å². The Bertz CT molecular complexity index is 120. The van der Waals surface area contributed by atoms with E-state index in [2.05, 4.69) is 30.8 Å². The van der Waals surface area contributed by atoms with Crippen molar-refractivity contribution in [3.63, 3.8) is 0 Å². The number of carbonyl (C=O) groups is 1. The van der Waals surface area contributed by atoms with Gasteiger partial charge in [0.1, 0.15) is 0 Å². The van der Waals surface area contributed by atoms with Gasteiger partial charge in [-0.15, -0.1) is 0 Å². The molecule has 6 nitrogen and oxygen atoms in total. The van der Waals surface area contributed by atoms with Gasteiger partial charge in [0.25, 0.3) is 0 Å². The summed E-state index contributed by atoms with van der Waals surface area (Å²) in [5.74, 6) is 9.08. The second kappa shape index (κ2) is 15.6. The lowest BCUT2D eigenvalue weighted by Crippen LogP contribution is -2.43. The van der Waals surface area contributed by atoms with Crippen LogP contribution >= 0.6 is 0 Å². The molecule has 0 aliphatic rings. The lowest BCUT2D eigenvalue weighted by Gasteiger charge is -1.98. The smallest absolute Gasteiger partial charge is 0.317 e. The van der Waals surface area contributed by atoms with Crippen molar-refractivity contribution in [2.24, 2.45) is 11.7 Å². The molecule has 15 heavy (non-hydrogen) atoms. The van der Waals surface area contributed by atoms with Crippen LogP contribution in [0.4, 0.5) is 4.79 Å². The quantitative estimate of drug-likeness (QED) is 0.190. The van der Waals surface area contributed by atoms with Gasteiger partial charge in [0, 0.05) is 0 Å². The Morgan fingerprint density at radius 3 is 2.00 bits per heavy atom. The molecule has 0 aromatic rings. The standard InChI is InChI=1S/C8H19N.CH6N4O/c1-3-5-6-7-8-9-4-2;2-4-1(6)5-3/h9H,3-8H2,1-2H3;2-3H2,(H2,4,5,6). The number of nitrogens with one attached hydrogen (secondary N) is 3. The Morgan fingerprint density at radius 2 is 1.67 bits per heavy atom. The number of hydrazine groups is 2. The molecule has 0 saturated carbocycles. The zero-order valence-electron chi connectivity index (χ0n) is 9.81. The molecule has 7 N–H and O–H groups in total. The van der Waals surface area contributed by atoms with Crippen LogP contribution in [0.25, 0.3) is 0 Å². The molecule has 0 aromatic heterocycles. The Kier molecular flexibility index (Phi) is 17.3. The van der Waals surface area contributed by atoms with Gasteiger partial charge in [0.2, 0.25) is 0 Å². The molecule has 0 rings (SSSR count). The number of urea groups is 1. The van der Waals surface area contributed by atoms with Gasteiger partial charge >= 0.3 is 6.03 Å². The molecule has 0 saturated heterocycles. The first-order valence-corrected chi connectivity index (χ1v) is 5.40. The maximum atomic E-state index is 9.71. The van der Waals surface area contributed by atoms with Crippen LogP contribution in [0.3, 0.4) is 0 Å². The summed E-state index contributed by atoms with van der Waals surface area (Å²) in [7, 11) is 0. The minimum absolute atomic E-state index is 0.602. The van der Waals surface area contributed by atoms with Crippen LogP contribution in [0, 0.1) is 0 Å². The fraction of sp³-hybridized carbons (Fsp3) is 0.889. The lowest BCUT2D eigenvalue weighted by molar-refractivity contribution is 0.241. The highest BCUT2D eigenvalue weighted by molar-refractivity contribution is 5.72. The van der Waals surface area contributed by atoms with E-state index in [1.165, 1.54) is 32.2 Å². The zero-order valence-corrected chi connectivity index (χ0v) is 9.81. The van der Waals surface area contributed by atoms with E-state index in [0.29, 0.717) is 0 Å². The van der Waals surface area contributed by atoms with Crippen molar-refractivity contribution in [2.75, 3.05) is 13.1 Å². The summed E-state index contributed by atoms with van der Waals surface area (Å²) in [6, 6.07) is -0.602. The summed E-state index contributed by atoms with van der Waals surface area (Å²) < 4.78 is 0. The zero-order chi connectivity index (χ0) is 11.9. The third kappa shape index (κ3) is 19.5. The summed E-state index contributed by atoms with van der Waals surface area (Å²) in [5.41, 5.74) is 3.48. The molecule has 0 unspecified atom stereocenters. The maximum absolute atomic E-state index is 9.71. The number of amides is 2. The largest absolute Gasteiger partial charge is 0.343 e. The molecule has 0 aliphatic carbocycles. The third-order valence-electron chi connectivity index (χ3n) is 1.72. The van der Waals surface area contributed by atoms with Gasteiger partial charge in [-0.05, 0) is 19.5 Å². The van der Waals surface area contributed by atoms with Crippen LogP contribution < -0.4 is 27.9 Å². The number of carbonyl (C=O) groups excluding carboxylic acids is 1. The maximum Gasteiger partial charge on any atom is 0.343 e. The van der Waals surface area contributed by atoms with Crippen LogP contribution in [0.2, 0.25) is 0 Å². The van der Waals surface area contributed by atoms with E-state index in [1.807, 2.05) is 0 Å². The second-order valence-electron chi connectivity index (χ2n) is 3.03. The van der Waals surface area contributed by atoms with E-state index in [-0.39, 0.29) is 0 Å². The van der Waals surface area contributed by atoms with Gasteiger partial charge in [-0.1, -0.05) is 33.1 Å². The van der Waals surface area contributed by atoms with Crippen molar-refractivity contribution < 1.29 is 4.79 Å². The molecular formula is C9H25N5O. The number of hydrogen-bond acceptors (Lipinski definition) is 4. The van der Waals surface area contributed by atoms with Crippen LogP contribution in [0.1, 0.15) is 39.5 Å². The Hall–Kier alpha value is -0.850. The van der Waals surface area contributed by atoms with Crippen molar-refractivity contribution >= 4 is 6.03 Å². The van der Waals surface area contributed by atoms with Crippen molar-refractivity contribution in [1.29, 1.82) is 0 Å². The summed E-state index contributed by atoms with van der Waals surface area (Å²) in [4.78, 5) is 9.71. The molecule has 0 radical (unpaired) electrons. The summed E-state index contributed by atoms with van der Waals surface area (Å²) in [5, 5.41) is 3.31. The number of hydrogen-bond donors (Lipinski definition) is 5. The van der Waals surface area contributed by atoms with E-state index in [9.17, 15) is 4.79 Å². The summed E-state index contributed by atoms with van der Waals surface area (Å²) >= 11 is 0. The number of nitrogens with two attached hydrogens (primary N) is 2. The normalized spacial score (nSPS) is 8.80. The molecule has 0 aliphatic heterocycles. The average molecular weight is 219 g/mol. The lowest BCUT2D eigenvalue weighted by atomic mass is 10.2. The SMILES string of the molecule is CCCCCCNCC.NNC(=O)NN. The van der Waals surface area contributed by atoms with Crippen LogP contribution in [-0.2, 0) is 0 Å². The second-order valence-corrected chi connectivity index (χ2v) is 3.03. The predicted octanol–water partition coefficient (Wildman–Crippen LogP) is 0.209. The Balaban J connectivity index is 0. The fourth-order valence-corrected chi connectivity index (χ4v) is 0.895. The highest BCUT2D eigenvalue weighted by atomic mass is 16.2.